The maximum atomic E-state index is 5.77. The summed E-state index contributed by atoms with van der Waals surface area (Å²) in [4.78, 5) is 2.21. The van der Waals surface area contributed by atoms with Crippen molar-refractivity contribution in [1.29, 1.82) is 0 Å². The van der Waals surface area contributed by atoms with Crippen LogP contribution in [0.5, 0.6) is 0 Å². The zero-order chi connectivity index (χ0) is 19.3. The van der Waals surface area contributed by atoms with Crippen LogP contribution in [0.4, 0.5) is 0 Å². The van der Waals surface area contributed by atoms with Gasteiger partial charge in [0.1, 0.15) is 0 Å². The van der Waals surface area contributed by atoms with Gasteiger partial charge in [-0.2, -0.15) is 0 Å². The van der Waals surface area contributed by atoms with Crippen molar-refractivity contribution in [2.24, 2.45) is 0 Å². The van der Waals surface area contributed by atoms with E-state index < -0.39 is 0 Å². The Morgan fingerprint density at radius 1 is 0.577 bits per heavy atom. The van der Waals surface area contributed by atoms with Gasteiger partial charge in [-0.15, -0.1) is 0 Å². The molecule has 26 heavy (non-hydrogen) atoms. The topological polar surface area (TPSA) is 12.5 Å². The summed E-state index contributed by atoms with van der Waals surface area (Å²) in [7, 11) is 0. The zero-order valence-corrected chi connectivity index (χ0v) is 19.0. The number of nitrogens with zero attached hydrogens (tertiary/aromatic N) is 1. The summed E-state index contributed by atoms with van der Waals surface area (Å²) in [5, 5.41) is 0.711. The van der Waals surface area contributed by atoms with Crippen molar-refractivity contribution in [1.82, 2.24) is 4.90 Å². The monoisotopic (exact) mass is 385 g/mol. The lowest BCUT2D eigenvalue weighted by molar-refractivity contribution is 0.234. The highest BCUT2D eigenvalue weighted by Gasteiger charge is 2.08. The van der Waals surface area contributed by atoms with Crippen LogP contribution < -0.4 is 0 Å². The maximum absolute atomic E-state index is 5.77. The van der Waals surface area contributed by atoms with Crippen LogP contribution in [0.3, 0.4) is 0 Å². The zero-order valence-electron chi connectivity index (χ0n) is 18.2. The first-order valence-electron chi connectivity index (χ1n) is 11.7. The quantitative estimate of drug-likeness (QED) is 0.166. The molecule has 0 aliphatic heterocycles. The van der Waals surface area contributed by atoms with Gasteiger partial charge in [0.2, 0.25) is 0 Å². The van der Waals surface area contributed by atoms with E-state index in [9.17, 15) is 0 Å². The lowest BCUT2D eigenvalue weighted by atomic mass is 10.0. The molecule has 0 heterocycles. The smallest absolute Gasteiger partial charge is 0.259 e. The van der Waals surface area contributed by atoms with E-state index in [1.807, 2.05) is 0 Å². The normalized spacial score (nSPS) is 10.9. The van der Waals surface area contributed by atoms with Crippen LogP contribution in [0, 0.1) is 0 Å². The molecule has 0 atom stereocenters. The van der Waals surface area contributed by atoms with Crippen molar-refractivity contribution in [2.45, 2.75) is 124 Å². The van der Waals surface area contributed by atoms with E-state index in [-0.39, 0.29) is 0 Å². The minimum atomic E-state index is 0.711. The fourth-order valence-corrected chi connectivity index (χ4v) is 3.65. The molecule has 0 amide bonds. The van der Waals surface area contributed by atoms with Crippen molar-refractivity contribution in [3.8, 4) is 0 Å². The average Bonchev–Trinajstić information content (AvgIpc) is 2.64. The Hall–Kier alpha value is -0.310. The summed E-state index contributed by atoms with van der Waals surface area (Å²) in [5.41, 5.74) is 0. The van der Waals surface area contributed by atoms with Crippen molar-refractivity contribution < 1.29 is 4.74 Å². The van der Waals surface area contributed by atoms with Gasteiger partial charge in [-0.1, -0.05) is 104 Å². The second kappa shape index (κ2) is 21.0. The highest BCUT2D eigenvalue weighted by Crippen LogP contribution is 2.13. The van der Waals surface area contributed by atoms with E-state index in [2.05, 4.69) is 25.7 Å². The van der Waals surface area contributed by atoms with Crippen LogP contribution in [0.25, 0.3) is 0 Å². The third-order valence-corrected chi connectivity index (χ3v) is 5.34. The van der Waals surface area contributed by atoms with E-state index in [0.29, 0.717) is 5.17 Å². The molecule has 0 aromatic rings. The lowest BCUT2D eigenvalue weighted by Crippen LogP contribution is -2.33. The second-order valence-electron chi connectivity index (χ2n) is 7.70. The van der Waals surface area contributed by atoms with Crippen molar-refractivity contribution in [3.05, 3.63) is 0 Å². The van der Waals surface area contributed by atoms with Crippen LogP contribution >= 0.6 is 12.2 Å². The molecule has 0 spiro atoms. The van der Waals surface area contributed by atoms with Crippen molar-refractivity contribution >= 4 is 17.4 Å². The Kier molecular flexibility index (Phi) is 20.7. The van der Waals surface area contributed by atoms with Gasteiger partial charge in [0.05, 0.1) is 6.61 Å². The molecule has 0 N–H and O–H groups in total. The van der Waals surface area contributed by atoms with Gasteiger partial charge < -0.3 is 9.64 Å². The molecule has 0 aromatic carbocycles. The number of thiocarbonyl (C=S) groups is 1. The Morgan fingerprint density at radius 3 is 1.35 bits per heavy atom. The molecular formula is C23H47NOS. The Morgan fingerprint density at radius 2 is 0.962 bits per heavy atom. The average molecular weight is 386 g/mol. The second-order valence-corrected chi connectivity index (χ2v) is 8.05. The van der Waals surface area contributed by atoms with Gasteiger partial charge in [-0.05, 0) is 31.5 Å². The molecule has 0 aromatic heterocycles. The van der Waals surface area contributed by atoms with Crippen LogP contribution in [-0.4, -0.2) is 29.8 Å². The van der Waals surface area contributed by atoms with Gasteiger partial charge in [0.25, 0.3) is 5.17 Å². The standard InChI is InChI=1S/C23H47NOS/c1-4-7-8-9-10-11-12-13-14-15-16-17-18-19-22-25-23(26)24(20-5-2)21-6-3/h4-22H2,1-3H3. The summed E-state index contributed by atoms with van der Waals surface area (Å²) in [6, 6.07) is 0. The Labute approximate surface area is 170 Å². The van der Waals surface area contributed by atoms with Crippen LogP contribution in [-0.2, 0) is 4.74 Å². The molecule has 2 nitrogen and oxygen atoms in total. The number of hydrogen-bond donors (Lipinski definition) is 0. The predicted octanol–water partition coefficient (Wildman–Crippen LogP) is 7.89. The van der Waals surface area contributed by atoms with Gasteiger partial charge in [-0.3, -0.25) is 0 Å². The fourth-order valence-electron chi connectivity index (χ4n) is 3.38. The molecule has 0 aliphatic carbocycles. The lowest BCUT2D eigenvalue weighted by Gasteiger charge is -2.23. The van der Waals surface area contributed by atoms with Crippen LogP contribution in [0.15, 0.2) is 0 Å². The molecule has 0 unspecified atom stereocenters. The highest BCUT2D eigenvalue weighted by atomic mass is 32.1. The van der Waals surface area contributed by atoms with E-state index >= 15 is 0 Å². The molecule has 0 radical (unpaired) electrons. The SMILES string of the molecule is CCCCCCCCCCCCCCCCOC(=S)N(CCC)CCC. The molecular weight excluding hydrogens is 338 g/mol. The molecule has 0 fully saturated rings. The number of rotatable bonds is 19. The summed E-state index contributed by atoms with van der Waals surface area (Å²) in [5.74, 6) is 0. The molecule has 0 bridgehead atoms. The first kappa shape index (κ1) is 25.7. The summed E-state index contributed by atoms with van der Waals surface area (Å²) in [6.07, 6.45) is 21.7. The molecule has 3 heteroatoms. The summed E-state index contributed by atoms with van der Waals surface area (Å²) < 4.78 is 5.77. The summed E-state index contributed by atoms with van der Waals surface area (Å²) in [6.45, 7) is 9.51. The molecule has 156 valence electrons. The number of hydrogen-bond acceptors (Lipinski definition) is 2. The fraction of sp³-hybridized carbons (Fsp3) is 0.957. The van der Waals surface area contributed by atoms with E-state index in [1.54, 1.807) is 0 Å². The van der Waals surface area contributed by atoms with Gasteiger partial charge in [-0.25, -0.2) is 0 Å². The maximum Gasteiger partial charge on any atom is 0.259 e. The summed E-state index contributed by atoms with van der Waals surface area (Å²) >= 11 is 5.41. The van der Waals surface area contributed by atoms with E-state index in [1.165, 1.54) is 83.5 Å². The molecule has 0 saturated carbocycles. The molecule has 0 saturated heterocycles. The van der Waals surface area contributed by atoms with Crippen molar-refractivity contribution in [3.63, 3.8) is 0 Å². The van der Waals surface area contributed by atoms with Gasteiger partial charge in [0, 0.05) is 13.1 Å². The minimum Gasteiger partial charge on any atom is -0.471 e. The first-order chi connectivity index (χ1) is 12.8. The van der Waals surface area contributed by atoms with E-state index in [0.717, 1.165) is 39.0 Å². The molecule has 0 aliphatic rings. The third-order valence-electron chi connectivity index (χ3n) is 4.97. The Bertz CT molecular complexity index is 290. The number of unbranched alkanes of at least 4 members (excludes halogenated alkanes) is 13. The molecule has 0 rings (SSSR count). The van der Waals surface area contributed by atoms with E-state index in [4.69, 9.17) is 17.0 Å². The Balaban J connectivity index is 3.29. The number of ether oxygens (including phenoxy) is 1. The third kappa shape index (κ3) is 17.1. The minimum absolute atomic E-state index is 0.711. The van der Waals surface area contributed by atoms with Gasteiger partial charge >= 0.3 is 0 Å². The van der Waals surface area contributed by atoms with Crippen molar-refractivity contribution in [2.75, 3.05) is 19.7 Å². The van der Waals surface area contributed by atoms with Gasteiger partial charge in [0.15, 0.2) is 0 Å². The van der Waals surface area contributed by atoms with Crippen LogP contribution in [0.2, 0.25) is 0 Å². The van der Waals surface area contributed by atoms with Crippen LogP contribution in [0.1, 0.15) is 124 Å². The highest BCUT2D eigenvalue weighted by molar-refractivity contribution is 7.80. The first-order valence-corrected chi connectivity index (χ1v) is 12.1. The largest absolute Gasteiger partial charge is 0.471 e. The predicted molar refractivity (Wildman–Crippen MR) is 121 cm³/mol.